The molecule has 0 radical (unpaired) electrons. The first kappa shape index (κ1) is 18.3. The first-order valence-corrected chi connectivity index (χ1v) is 9.60. The number of aryl methyl sites for hydroxylation is 2. The zero-order valence-corrected chi connectivity index (χ0v) is 15.7. The van der Waals surface area contributed by atoms with Crippen LogP contribution in [0, 0.1) is 13.8 Å². The summed E-state index contributed by atoms with van der Waals surface area (Å²) in [6.07, 6.45) is 0. The van der Waals surface area contributed by atoms with Gasteiger partial charge >= 0.3 is 0 Å². The summed E-state index contributed by atoms with van der Waals surface area (Å²) < 4.78 is 33.8. The van der Waals surface area contributed by atoms with Crippen molar-refractivity contribution in [3.63, 3.8) is 0 Å². The van der Waals surface area contributed by atoms with E-state index in [0.717, 1.165) is 16.7 Å². The van der Waals surface area contributed by atoms with Gasteiger partial charge in [-0.15, -0.1) is 0 Å². The van der Waals surface area contributed by atoms with Crippen molar-refractivity contribution in [1.29, 1.82) is 0 Å². The van der Waals surface area contributed by atoms with Crippen molar-refractivity contribution in [2.24, 2.45) is 0 Å². The van der Waals surface area contributed by atoms with E-state index in [4.69, 9.17) is 4.74 Å². The SMILES string of the molecule is CCOc1ccc(S(=O)(=O)Nc2c(C)cccc2C(C)C)cc1C. The average Bonchev–Trinajstić information content (AvgIpc) is 2.51. The number of para-hydroxylation sites is 1. The van der Waals surface area contributed by atoms with E-state index in [0.29, 0.717) is 18.0 Å². The first-order valence-electron chi connectivity index (χ1n) is 8.12. The van der Waals surface area contributed by atoms with Crippen molar-refractivity contribution in [1.82, 2.24) is 0 Å². The molecule has 2 rings (SSSR count). The molecule has 24 heavy (non-hydrogen) atoms. The second kappa shape index (κ2) is 7.26. The molecule has 0 spiro atoms. The van der Waals surface area contributed by atoms with Crippen molar-refractivity contribution in [2.75, 3.05) is 11.3 Å². The third-order valence-corrected chi connectivity index (χ3v) is 5.27. The Morgan fingerprint density at radius 2 is 1.79 bits per heavy atom. The predicted molar refractivity (Wildman–Crippen MR) is 98.4 cm³/mol. The summed E-state index contributed by atoms with van der Waals surface area (Å²) in [5, 5.41) is 0. The van der Waals surface area contributed by atoms with Gasteiger partial charge in [-0.2, -0.15) is 0 Å². The van der Waals surface area contributed by atoms with Crippen molar-refractivity contribution >= 4 is 15.7 Å². The van der Waals surface area contributed by atoms with E-state index in [1.165, 1.54) is 0 Å². The zero-order chi connectivity index (χ0) is 17.9. The van der Waals surface area contributed by atoms with Gasteiger partial charge in [0.15, 0.2) is 0 Å². The number of ether oxygens (including phenoxy) is 1. The molecule has 0 aliphatic carbocycles. The van der Waals surface area contributed by atoms with E-state index in [2.05, 4.69) is 4.72 Å². The van der Waals surface area contributed by atoms with Crippen LogP contribution in [0.1, 0.15) is 43.4 Å². The largest absolute Gasteiger partial charge is 0.494 e. The van der Waals surface area contributed by atoms with E-state index >= 15 is 0 Å². The fourth-order valence-corrected chi connectivity index (χ4v) is 3.86. The van der Waals surface area contributed by atoms with Crippen LogP contribution < -0.4 is 9.46 Å². The molecule has 0 aliphatic heterocycles. The zero-order valence-electron chi connectivity index (χ0n) is 14.9. The van der Waals surface area contributed by atoms with Crippen LogP contribution in [0.15, 0.2) is 41.3 Å². The van der Waals surface area contributed by atoms with E-state index in [1.807, 2.05) is 52.8 Å². The van der Waals surface area contributed by atoms with E-state index in [9.17, 15) is 8.42 Å². The maximum Gasteiger partial charge on any atom is 0.261 e. The molecule has 0 amide bonds. The van der Waals surface area contributed by atoms with E-state index in [-0.39, 0.29) is 10.8 Å². The molecule has 0 aliphatic rings. The molecule has 0 atom stereocenters. The third-order valence-electron chi connectivity index (χ3n) is 3.92. The summed E-state index contributed by atoms with van der Waals surface area (Å²) in [5.41, 5.74) is 3.36. The highest BCUT2D eigenvalue weighted by atomic mass is 32.2. The van der Waals surface area contributed by atoms with Crippen molar-refractivity contribution < 1.29 is 13.2 Å². The van der Waals surface area contributed by atoms with Gasteiger partial charge in [0, 0.05) is 0 Å². The van der Waals surface area contributed by atoms with Gasteiger partial charge < -0.3 is 4.74 Å². The average molecular weight is 347 g/mol. The molecule has 4 nitrogen and oxygen atoms in total. The lowest BCUT2D eigenvalue weighted by Gasteiger charge is -2.18. The lowest BCUT2D eigenvalue weighted by molar-refractivity contribution is 0.337. The molecule has 1 N–H and O–H groups in total. The van der Waals surface area contributed by atoms with Crippen LogP contribution in [-0.2, 0) is 10.0 Å². The van der Waals surface area contributed by atoms with Crippen molar-refractivity contribution in [3.8, 4) is 5.75 Å². The van der Waals surface area contributed by atoms with Crippen LogP contribution in [0.3, 0.4) is 0 Å². The maximum absolute atomic E-state index is 12.8. The van der Waals surface area contributed by atoms with Gasteiger partial charge in [-0.25, -0.2) is 8.42 Å². The maximum atomic E-state index is 12.8. The second-order valence-corrected chi connectivity index (χ2v) is 7.84. The van der Waals surface area contributed by atoms with E-state index < -0.39 is 10.0 Å². The summed E-state index contributed by atoms with van der Waals surface area (Å²) in [7, 11) is -3.65. The van der Waals surface area contributed by atoms with Gasteiger partial charge in [0.2, 0.25) is 0 Å². The molecule has 5 heteroatoms. The van der Waals surface area contributed by atoms with E-state index in [1.54, 1.807) is 18.2 Å². The monoisotopic (exact) mass is 347 g/mol. The second-order valence-electron chi connectivity index (χ2n) is 6.16. The number of benzene rings is 2. The lowest BCUT2D eigenvalue weighted by atomic mass is 9.99. The minimum atomic E-state index is -3.65. The molecule has 0 aromatic heterocycles. The minimum Gasteiger partial charge on any atom is -0.494 e. The summed E-state index contributed by atoms with van der Waals surface area (Å²) >= 11 is 0. The summed E-state index contributed by atoms with van der Waals surface area (Å²) in [6, 6.07) is 10.7. The van der Waals surface area contributed by atoms with Gasteiger partial charge in [0.1, 0.15) is 5.75 Å². The van der Waals surface area contributed by atoms with Gasteiger partial charge in [0.25, 0.3) is 10.0 Å². The summed E-state index contributed by atoms with van der Waals surface area (Å²) in [4.78, 5) is 0.237. The molecular weight excluding hydrogens is 322 g/mol. The van der Waals surface area contributed by atoms with Crippen LogP contribution in [0.2, 0.25) is 0 Å². The summed E-state index contributed by atoms with van der Waals surface area (Å²) in [6.45, 7) is 10.3. The van der Waals surface area contributed by atoms with Gasteiger partial charge in [-0.1, -0.05) is 32.0 Å². The molecule has 0 unspecified atom stereocenters. The highest BCUT2D eigenvalue weighted by Crippen LogP contribution is 2.30. The highest BCUT2D eigenvalue weighted by molar-refractivity contribution is 7.92. The topological polar surface area (TPSA) is 55.4 Å². The Hall–Kier alpha value is -2.01. The number of rotatable bonds is 6. The van der Waals surface area contributed by atoms with Crippen LogP contribution in [0.25, 0.3) is 0 Å². The molecule has 0 saturated carbocycles. The Balaban J connectivity index is 2.41. The van der Waals surface area contributed by atoms with Crippen molar-refractivity contribution in [3.05, 3.63) is 53.1 Å². The third kappa shape index (κ3) is 3.90. The van der Waals surface area contributed by atoms with Crippen molar-refractivity contribution in [2.45, 2.75) is 45.4 Å². The molecule has 2 aromatic rings. The molecule has 130 valence electrons. The normalized spacial score (nSPS) is 11.6. The number of hydrogen-bond acceptors (Lipinski definition) is 3. The minimum absolute atomic E-state index is 0.227. The Morgan fingerprint density at radius 3 is 2.38 bits per heavy atom. The predicted octanol–water partition coefficient (Wildman–Crippen LogP) is 4.63. The van der Waals surface area contributed by atoms with Gasteiger partial charge in [-0.3, -0.25) is 4.72 Å². The van der Waals surface area contributed by atoms with Crippen LogP contribution in [0.4, 0.5) is 5.69 Å². The number of sulfonamides is 1. The Morgan fingerprint density at radius 1 is 1.08 bits per heavy atom. The number of hydrogen-bond donors (Lipinski definition) is 1. The van der Waals surface area contributed by atoms with Crippen LogP contribution >= 0.6 is 0 Å². The van der Waals surface area contributed by atoms with Crippen LogP contribution in [-0.4, -0.2) is 15.0 Å². The molecule has 0 heterocycles. The standard InChI is InChI=1S/C19H25NO3S/c1-6-23-18-11-10-16(12-15(18)5)24(21,22)20-19-14(4)8-7-9-17(19)13(2)3/h7-13,20H,6H2,1-5H3. The van der Waals surface area contributed by atoms with Gasteiger partial charge in [0.05, 0.1) is 17.2 Å². The Kier molecular flexibility index (Phi) is 5.54. The molecular formula is C19H25NO3S. The lowest BCUT2D eigenvalue weighted by Crippen LogP contribution is -2.16. The first-order chi connectivity index (χ1) is 11.3. The summed E-state index contributed by atoms with van der Waals surface area (Å²) in [5.74, 6) is 0.930. The smallest absolute Gasteiger partial charge is 0.261 e. The number of anilines is 1. The molecule has 0 saturated heterocycles. The fraction of sp³-hybridized carbons (Fsp3) is 0.368. The fourth-order valence-electron chi connectivity index (χ4n) is 2.61. The molecule has 0 fully saturated rings. The highest BCUT2D eigenvalue weighted by Gasteiger charge is 2.19. The van der Waals surface area contributed by atoms with Gasteiger partial charge in [-0.05, 0) is 61.6 Å². The Bertz CT molecular complexity index is 827. The van der Waals surface area contributed by atoms with Crippen LogP contribution in [0.5, 0.6) is 5.75 Å². The quantitative estimate of drug-likeness (QED) is 0.829. The number of nitrogens with one attached hydrogen (secondary N) is 1. The molecule has 0 bridgehead atoms. The Labute approximate surface area is 144 Å². The molecule has 2 aromatic carbocycles.